The highest BCUT2D eigenvalue weighted by molar-refractivity contribution is 5.84. The summed E-state index contributed by atoms with van der Waals surface area (Å²) in [5.74, 6) is 0.295. The monoisotopic (exact) mass is 288 g/mol. The number of benzene rings is 3. The summed E-state index contributed by atoms with van der Waals surface area (Å²) < 4.78 is 0. The van der Waals surface area contributed by atoms with Crippen LogP contribution in [-0.2, 0) is 0 Å². The van der Waals surface area contributed by atoms with Gasteiger partial charge in [-0.25, -0.2) is 0 Å². The molecular weight excluding hydrogens is 268 g/mol. The molecule has 0 saturated carbocycles. The normalized spacial score (nSPS) is 10.7. The molecule has 0 aliphatic heterocycles. The maximum atomic E-state index is 9.51. The Hall–Kier alpha value is -2.54. The number of hydrogen-bond acceptors (Lipinski definition) is 1. The topological polar surface area (TPSA) is 20.2 Å². The first kappa shape index (κ1) is 14.4. The molecule has 0 spiro atoms. The van der Waals surface area contributed by atoms with E-state index in [4.69, 9.17) is 0 Å². The lowest BCUT2D eigenvalue weighted by Crippen LogP contribution is -1.89. The molecular formula is C21H20O. The molecule has 0 fully saturated rings. The molecule has 1 N–H and O–H groups in total. The minimum atomic E-state index is 0.295. The number of phenols is 1. The Labute approximate surface area is 131 Å². The minimum absolute atomic E-state index is 0.295. The largest absolute Gasteiger partial charge is 0.508 e. The van der Waals surface area contributed by atoms with E-state index in [1.54, 1.807) is 12.1 Å². The average molecular weight is 288 g/mol. The first-order valence-corrected chi connectivity index (χ1v) is 7.52. The van der Waals surface area contributed by atoms with Crippen molar-refractivity contribution in [3.63, 3.8) is 0 Å². The molecule has 0 unspecified atom stereocenters. The van der Waals surface area contributed by atoms with Gasteiger partial charge in [-0.3, -0.25) is 0 Å². The molecule has 0 aliphatic carbocycles. The van der Waals surface area contributed by atoms with E-state index >= 15 is 0 Å². The summed E-state index contributed by atoms with van der Waals surface area (Å²) in [4.78, 5) is 0. The van der Waals surface area contributed by atoms with Crippen LogP contribution in [0, 0.1) is 20.8 Å². The highest BCUT2D eigenvalue weighted by Crippen LogP contribution is 2.34. The van der Waals surface area contributed by atoms with Crippen LogP contribution in [0.5, 0.6) is 5.75 Å². The maximum Gasteiger partial charge on any atom is 0.115 e. The summed E-state index contributed by atoms with van der Waals surface area (Å²) in [6.07, 6.45) is 0. The molecule has 0 aliphatic rings. The molecule has 3 rings (SSSR count). The lowest BCUT2D eigenvalue weighted by Gasteiger charge is -2.13. The molecule has 110 valence electrons. The van der Waals surface area contributed by atoms with Crippen LogP contribution in [-0.4, -0.2) is 5.11 Å². The van der Waals surface area contributed by atoms with Crippen LogP contribution in [0.1, 0.15) is 16.7 Å². The van der Waals surface area contributed by atoms with E-state index in [1.165, 1.54) is 33.4 Å². The Morgan fingerprint density at radius 3 is 1.82 bits per heavy atom. The van der Waals surface area contributed by atoms with Crippen LogP contribution >= 0.6 is 0 Å². The van der Waals surface area contributed by atoms with E-state index in [2.05, 4.69) is 57.2 Å². The zero-order chi connectivity index (χ0) is 15.7. The zero-order valence-electron chi connectivity index (χ0n) is 13.2. The molecule has 0 radical (unpaired) electrons. The summed E-state index contributed by atoms with van der Waals surface area (Å²) >= 11 is 0. The van der Waals surface area contributed by atoms with Crippen molar-refractivity contribution >= 4 is 0 Å². The fraction of sp³-hybridized carbons (Fsp3) is 0.143. The number of phenolic OH excluding ortho intramolecular Hbond substituents is 1. The second-order valence-electron chi connectivity index (χ2n) is 5.97. The molecule has 1 heteroatoms. The average Bonchev–Trinajstić information content (AvgIpc) is 2.47. The summed E-state index contributed by atoms with van der Waals surface area (Å²) in [7, 11) is 0. The van der Waals surface area contributed by atoms with Crippen molar-refractivity contribution in [2.45, 2.75) is 20.8 Å². The molecule has 0 aromatic heterocycles. The van der Waals surface area contributed by atoms with Crippen molar-refractivity contribution in [2.24, 2.45) is 0 Å². The number of rotatable bonds is 2. The van der Waals surface area contributed by atoms with E-state index in [0.717, 1.165) is 5.56 Å². The lowest BCUT2D eigenvalue weighted by atomic mass is 9.91. The van der Waals surface area contributed by atoms with Crippen molar-refractivity contribution < 1.29 is 5.11 Å². The van der Waals surface area contributed by atoms with Gasteiger partial charge in [0.2, 0.25) is 0 Å². The van der Waals surface area contributed by atoms with Gasteiger partial charge in [-0.1, -0.05) is 65.2 Å². The third kappa shape index (κ3) is 2.89. The SMILES string of the molecule is Cc1cc(C)cc(-c2cc(C)ccc2-c2ccc(O)cc2)c1. The highest BCUT2D eigenvalue weighted by Gasteiger charge is 2.09. The smallest absolute Gasteiger partial charge is 0.115 e. The van der Waals surface area contributed by atoms with Crippen LogP contribution in [0.2, 0.25) is 0 Å². The van der Waals surface area contributed by atoms with Crippen molar-refractivity contribution in [2.75, 3.05) is 0 Å². The van der Waals surface area contributed by atoms with E-state index in [1.807, 2.05) is 12.1 Å². The van der Waals surface area contributed by atoms with Crippen LogP contribution in [0.25, 0.3) is 22.3 Å². The predicted molar refractivity (Wildman–Crippen MR) is 93.2 cm³/mol. The van der Waals surface area contributed by atoms with Gasteiger partial charge in [0.15, 0.2) is 0 Å². The Kier molecular flexibility index (Phi) is 3.72. The quantitative estimate of drug-likeness (QED) is 0.646. The molecule has 3 aromatic carbocycles. The standard InChI is InChI=1S/C21H20O/c1-14-4-9-20(17-5-7-19(22)8-6-17)21(13-14)18-11-15(2)10-16(3)12-18/h4-13,22H,1-3H3. The Morgan fingerprint density at radius 1 is 0.545 bits per heavy atom. The second kappa shape index (κ2) is 5.69. The van der Waals surface area contributed by atoms with Crippen molar-refractivity contribution in [3.05, 3.63) is 77.4 Å². The number of aryl methyl sites for hydroxylation is 3. The minimum Gasteiger partial charge on any atom is -0.508 e. The Morgan fingerprint density at radius 2 is 1.18 bits per heavy atom. The first-order chi connectivity index (χ1) is 10.5. The first-order valence-electron chi connectivity index (χ1n) is 7.52. The van der Waals surface area contributed by atoms with E-state index in [-0.39, 0.29) is 0 Å². The van der Waals surface area contributed by atoms with Gasteiger partial charge in [0.05, 0.1) is 0 Å². The van der Waals surface area contributed by atoms with Crippen LogP contribution < -0.4 is 0 Å². The Bertz CT molecular complexity index is 794. The fourth-order valence-electron chi connectivity index (χ4n) is 2.92. The van der Waals surface area contributed by atoms with Crippen molar-refractivity contribution in [3.8, 4) is 28.0 Å². The second-order valence-corrected chi connectivity index (χ2v) is 5.97. The highest BCUT2D eigenvalue weighted by atomic mass is 16.3. The number of aromatic hydroxyl groups is 1. The van der Waals surface area contributed by atoms with E-state index < -0.39 is 0 Å². The van der Waals surface area contributed by atoms with Gasteiger partial charge >= 0.3 is 0 Å². The van der Waals surface area contributed by atoms with Crippen LogP contribution in [0.3, 0.4) is 0 Å². The molecule has 0 heterocycles. The van der Waals surface area contributed by atoms with E-state index in [0.29, 0.717) is 5.75 Å². The van der Waals surface area contributed by atoms with E-state index in [9.17, 15) is 5.11 Å². The summed E-state index contributed by atoms with van der Waals surface area (Å²) in [5.41, 5.74) is 8.57. The van der Waals surface area contributed by atoms with Crippen LogP contribution in [0.4, 0.5) is 0 Å². The molecule has 22 heavy (non-hydrogen) atoms. The molecule has 3 aromatic rings. The molecule has 0 saturated heterocycles. The third-order valence-electron chi connectivity index (χ3n) is 3.89. The molecule has 0 amide bonds. The number of hydrogen-bond donors (Lipinski definition) is 1. The van der Waals surface area contributed by atoms with Gasteiger partial charge in [-0.15, -0.1) is 0 Å². The van der Waals surface area contributed by atoms with Gasteiger partial charge in [0.25, 0.3) is 0 Å². The third-order valence-corrected chi connectivity index (χ3v) is 3.89. The zero-order valence-corrected chi connectivity index (χ0v) is 13.2. The van der Waals surface area contributed by atoms with Crippen molar-refractivity contribution in [1.29, 1.82) is 0 Å². The van der Waals surface area contributed by atoms with Crippen LogP contribution in [0.15, 0.2) is 60.7 Å². The van der Waals surface area contributed by atoms with Gasteiger partial charge in [-0.05, 0) is 55.2 Å². The molecule has 0 atom stereocenters. The van der Waals surface area contributed by atoms with Gasteiger partial charge in [-0.2, -0.15) is 0 Å². The summed E-state index contributed by atoms with van der Waals surface area (Å²) in [5, 5.41) is 9.51. The van der Waals surface area contributed by atoms with Crippen molar-refractivity contribution in [1.82, 2.24) is 0 Å². The summed E-state index contributed by atoms with van der Waals surface area (Å²) in [6, 6.07) is 20.6. The lowest BCUT2D eigenvalue weighted by molar-refractivity contribution is 0.475. The Balaban J connectivity index is 2.22. The maximum absolute atomic E-state index is 9.51. The summed E-state index contributed by atoms with van der Waals surface area (Å²) in [6.45, 7) is 6.38. The fourth-order valence-corrected chi connectivity index (χ4v) is 2.92. The molecule has 0 bridgehead atoms. The predicted octanol–water partition coefficient (Wildman–Crippen LogP) is 5.65. The van der Waals surface area contributed by atoms with Gasteiger partial charge < -0.3 is 5.11 Å². The van der Waals surface area contributed by atoms with Gasteiger partial charge in [0, 0.05) is 0 Å². The molecule has 1 nitrogen and oxygen atoms in total. The van der Waals surface area contributed by atoms with Gasteiger partial charge in [0.1, 0.15) is 5.75 Å².